The van der Waals surface area contributed by atoms with Crippen molar-refractivity contribution in [1.29, 1.82) is 0 Å². The summed E-state index contributed by atoms with van der Waals surface area (Å²) in [5, 5.41) is 9.71. The number of unbranched alkanes of at least 4 members (excludes halogenated alkanes) is 2. The highest BCUT2D eigenvalue weighted by Crippen LogP contribution is 2.33. The van der Waals surface area contributed by atoms with Crippen LogP contribution >= 0.6 is 50.7 Å². The molecule has 4 aromatic carbocycles. The van der Waals surface area contributed by atoms with E-state index in [1.807, 2.05) is 22.9 Å². The van der Waals surface area contributed by atoms with E-state index in [0.29, 0.717) is 70.3 Å². The lowest BCUT2D eigenvalue weighted by Gasteiger charge is -2.27. The number of halogens is 4. The van der Waals surface area contributed by atoms with E-state index in [1.54, 1.807) is 42.2 Å². The highest BCUT2D eigenvalue weighted by molar-refractivity contribution is 9.10. The Morgan fingerprint density at radius 2 is 1.70 bits per heavy atom. The third-order valence-corrected chi connectivity index (χ3v) is 14.5. The van der Waals surface area contributed by atoms with Gasteiger partial charge < -0.3 is 20.5 Å². The minimum absolute atomic E-state index is 0.0509. The van der Waals surface area contributed by atoms with Gasteiger partial charge in [-0.05, 0) is 107 Å². The lowest BCUT2D eigenvalue weighted by molar-refractivity contribution is 0.0744. The molecule has 0 fully saturated rings. The van der Waals surface area contributed by atoms with Crippen LogP contribution in [0, 0.1) is 6.92 Å². The molecule has 0 aliphatic carbocycles. The Morgan fingerprint density at radius 3 is 2.40 bits per heavy atom. The van der Waals surface area contributed by atoms with Crippen LogP contribution in [0.3, 0.4) is 0 Å². The van der Waals surface area contributed by atoms with Gasteiger partial charge in [-0.2, -0.15) is 5.10 Å². The SMILES string of the molecule is CCCCN(CCCC)C(=O)c1nn(-c2ccc(C(=O)NS(=O)(=O)c3ccc4c(c3)c(Br)cn4Cc3ccc(Cl)c(Cl)c3)cc2C(=O)c2cccc3c2CC(CN)NC3)c(C)c1Cl. The van der Waals surface area contributed by atoms with E-state index in [0.717, 1.165) is 47.9 Å². The molecule has 7 rings (SSSR count). The van der Waals surface area contributed by atoms with Gasteiger partial charge in [0.15, 0.2) is 11.5 Å². The fraction of sp³-hybridized carbons (Fsp3) is 0.304. The molecule has 2 amide bonds. The van der Waals surface area contributed by atoms with Crippen LogP contribution in [0.15, 0.2) is 88.4 Å². The molecule has 63 heavy (non-hydrogen) atoms. The number of ketones is 1. The number of fused-ring (bicyclic) bond motifs is 2. The third kappa shape index (κ3) is 9.78. The second-order valence-electron chi connectivity index (χ2n) is 15.6. The summed E-state index contributed by atoms with van der Waals surface area (Å²) in [6.45, 7) is 8.22. The summed E-state index contributed by atoms with van der Waals surface area (Å²) in [6.07, 6.45) is 5.76. The van der Waals surface area contributed by atoms with Crippen LogP contribution in [-0.4, -0.2) is 70.9 Å². The fourth-order valence-corrected chi connectivity index (χ4v) is 9.89. The number of carbonyl (C=O) groups is 3. The van der Waals surface area contributed by atoms with Crippen LogP contribution < -0.4 is 15.8 Å². The maximum absolute atomic E-state index is 14.9. The molecule has 1 unspecified atom stereocenters. The van der Waals surface area contributed by atoms with Gasteiger partial charge in [-0.25, -0.2) is 17.8 Å². The van der Waals surface area contributed by atoms with Gasteiger partial charge in [0.2, 0.25) is 0 Å². The first kappa shape index (κ1) is 46.5. The van der Waals surface area contributed by atoms with Crippen molar-refractivity contribution in [2.24, 2.45) is 5.73 Å². The van der Waals surface area contributed by atoms with Crippen molar-refractivity contribution in [2.45, 2.75) is 76.9 Å². The first-order chi connectivity index (χ1) is 30.1. The van der Waals surface area contributed by atoms with E-state index in [1.165, 1.54) is 35.0 Å². The van der Waals surface area contributed by atoms with Gasteiger partial charge in [0.25, 0.3) is 21.8 Å². The number of hydrogen-bond acceptors (Lipinski definition) is 8. The average Bonchev–Trinajstić information content (AvgIpc) is 3.76. The second-order valence-corrected chi connectivity index (χ2v) is 19.4. The van der Waals surface area contributed by atoms with Gasteiger partial charge in [0, 0.05) is 77.0 Å². The van der Waals surface area contributed by atoms with Gasteiger partial charge in [-0.15, -0.1) is 0 Å². The van der Waals surface area contributed by atoms with Crippen molar-refractivity contribution < 1.29 is 22.8 Å². The first-order valence-electron chi connectivity index (χ1n) is 20.7. The van der Waals surface area contributed by atoms with E-state index < -0.39 is 21.7 Å². The number of nitrogens with two attached hydrogens (primary N) is 1. The van der Waals surface area contributed by atoms with Crippen molar-refractivity contribution in [3.05, 3.63) is 143 Å². The zero-order valence-corrected chi connectivity index (χ0v) is 39.7. The number of aromatic nitrogens is 3. The molecular weight excluding hydrogens is 949 g/mol. The molecule has 0 radical (unpaired) electrons. The molecule has 1 atom stereocenters. The van der Waals surface area contributed by atoms with E-state index in [2.05, 4.69) is 39.8 Å². The topological polar surface area (TPSA) is 161 Å². The molecule has 0 saturated carbocycles. The van der Waals surface area contributed by atoms with Crippen LogP contribution in [-0.2, 0) is 29.5 Å². The Hall–Kier alpha value is -4.54. The van der Waals surface area contributed by atoms with E-state index >= 15 is 0 Å². The summed E-state index contributed by atoms with van der Waals surface area (Å²) < 4.78 is 34.0. The predicted octanol–water partition coefficient (Wildman–Crippen LogP) is 9.27. The molecule has 2 aromatic heterocycles. The Balaban J connectivity index is 1.25. The maximum atomic E-state index is 14.9. The molecule has 0 bridgehead atoms. The Bertz CT molecular complexity index is 2850. The number of rotatable bonds is 16. The van der Waals surface area contributed by atoms with Crippen molar-refractivity contribution >= 4 is 89.3 Å². The molecule has 4 N–H and O–H groups in total. The zero-order valence-electron chi connectivity index (χ0n) is 35.0. The van der Waals surface area contributed by atoms with Gasteiger partial charge in [-0.3, -0.25) is 14.4 Å². The number of benzene rings is 4. The summed E-state index contributed by atoms with van der Waals surface area (Å²) in [6, 6.07) is 19.6. The number of carbonyl (C=O) groups excluding carboxylic acids is 3. The van der Waals surface area contributed by atoms with Crippen molar-refractivity contribution in [3.8, 4) is 5.69 Å². The number of amides is 2. The molecule has 17 heteroatoms. The fourth-order valence-electron chi connectivity index (χ4n) is 7.80. The molecule has 0 saturated heterocycles. The van der Waals surface area contributed by atoms with Crippen LogP contribution in [0.1, 0.15) is 98.7 Å². The monoisotopic (exact) mass is 993 g/mol. The van der Waals surface area contributed by atoms with E-state index in [9.17, 15) is 22.8 Å². The summed E-state index contributed by atoms with van der Waals surface area (Å²) in [5.41, 5.74) is 10.5. The number of nitrogens with zero attached hydrogens (tertiary/aromatic N) is 4. The smallest absolute Gasteiger partial charge is 0.275 e. The third-order valence-electron chi connectivity index (χ3n) is 11.3. The largest absolute Gasteiger partial charge is 0.342 e. The molecule has 1 aliphatic rings. The maximum Gasteiger partial charge on any atom is 0.275 e. The number of nitrogens with one attached hydrogen (secondary N) is 2. The summed E-state index contributed by atoms with van der Waals surface area (Å²) in [4.78, 5) is 44.5. The van der Waals surface area contributed by atoms with Crippen molar-refractivity contribution in [1.82, 2.24) is 29.3 Å². The molecule has 0 spiro atoms. The van der Waals surface area contributed by atoms with Gasteiger partial charge in [-0.1, -0.05) is 85.8 Å². The molecule has 3 heterocycles. The minimum atomic E-state index is -4.43. The van der Waals surface area contributed by atoms with E-state index in [-0.39, 0.29) is 44.4 Å². The average molecular weight is 996 g/mol. The minimum Gasteiger partial charge on any atom is -0.342 e. The Morgan fingerprint density at radius 1 is 0.952 bits per heavy atom. The highest BCUT2D eigenvalue weighted by atomic mass is 79.9. The molecule has 1 aliphatic heterocycles. The quantitative estimate of drug-likeness (QED) is 0.0809. The van der Waals surface area contributed by atoms with Crippen LogP contribution in [0.4, 0.5) is 0 Å². The number of hydrogen-bond donors (Lipinski definition) is 3. The molecule has 330 valence electrons. The van der Waals surface area contributed by atoms with Crippen molar-refractivity contribution in [3.63, 3.8) is 0 Å². The van der Waals surface area contributed by atoms with Gasteiger partial charge in [0.1, 0.15) is 0 Å². The second kappa shape index (κ2) is 19.7. The lowest BCUT2D eigenvalue weighted by Crippen LogP contribution is -2.41. The number of sulfonamides is 1. The molecular formula is C46H47BrCl3N7O5S. The molecule has 12 nitrogen and oxygen atoms in total. The Labute approximate surface area is 390 Å². The van der Waals surface area contributed by atoms with Gasteiger partial charge in [0.05, 0.1) is 31.3 Å². The van der Waals surface area contributed by atoms with Crippen LogP contribution in [0.2, 0.25) is 15.1 Å². The summed E-state index contributed by atoms with van der Waals surface area (Å²) >= 11 is 22.8. The lowest BCUT2D eigenvalue weighted by atomic mass is 9.87. The summed E-state index contributed by atoms with van der Waals surface area (Å²) in [5.74, 6) is -1.70. The molecule has 6 aromatic rings. The first-order valence-corrected chi connectivity index (χ1v) is 24.1. The normalized spacial score (nSPS) is 13.9. The van der Waals surface area contributed by atoms with E-state index in [4.69, 9.17) is 45.6 Å². The van der Waals surface area contributed by atoms with Gasteiger partial charge >= 0.3 is 0 Å². The Kier molecular flexibility index (Phi) is 14.5. The zero-order chi connectivity index (χ0) is 45.2. The highest BCUT2D eigenvalue weighted by Gasteiger charge is 2.30. The van der Waals surface area contributed by atoms with Crippen LogP contribution in [0.5, 0.6) is 0 Å². The summed E-state index contributed by atoms with van der Waals surface area (Å²) in [7, 11) is -4.43. The van der Waals surface area contributed by atoms with Crippen LogP contribution in [0.25, 0.3) is 16.6 Å². The predicted molar refractivity (Wildman–Crippen MR) is 252 cm³/mol. The van der Waals surface area contributed by atoms with Crippen molar-refractivity contribution in [2.75, 3.05) is 19.6 Å². The standard InChI is InChI=1S/C46H47BrCl3N7O5S/c1-4-6-17-55(18-7-5-2)46(60)43-42(50)27(3)57(53-43)41-15-12-29(20-36(41)44(58)33-10-8-9-30-24-52-31(23-51)21-34(30)33)45(59)54-63(61,62)32-13-16-40-35(22-32)37(47)26-56(40)25-28-11-14-38(48)39(49)19-28/h8-16,19-20,22,26,31,52H,4-7,17-18,21,23-25,51H2,1-3H3,(H,54,59).